The van der Waals surface area contributed by atoms with E-state index in [2.05, 4.69) is 155 Å². The Balaban J connectivity index is 1.09. The minimum absolute atomic E-state index is 0.522. The molecule has 0 aliphatic carbocycles. The smallest absolute Gasteiger partial charge is 0.238 e. The Morgan fingerprint density at radius 3 is 1.70 bits per heavy atom. The fraction of sp³-hybridized carbons (Fsp3) is 0. The molecule has 0 atom stereocenters. The number of hydrogen-bond donors (Lipinski definition) is 0. The first kappa shape index (κ1) is 34.9. The van der Waals surface area contributed by atoms with E-state index in [1.54, 1.807) is 0 Å². The van der Waals surface area contributed by atoms with Gasteiger partial charge in [-0.1, -0.05) is 158 Å². The molecule has 0 N–H and O–H groups in total. The fourth-order valence-electron chi connectivity index (χ4n) is 10.0. The van der Waals surface area contributed by atoms with Gasteiger partial charge in [0, 0.05) is 65.5 Å². The third-order valence-electron chi connectivity index (χ3n) is 12.8. The molecule has 0 spiro atoms. The summed E-state index contributed by atoms with van der Waals surface area (Å²) in [5.41, 5.74) is 12.5. The van der Waals surface area contributed by atoms with Gasteiger partial charge in [-0.05, 0) is 48.0 Å². The second kappa shape index (κ2) is 13.3. The number of fused-ring (bicyclic) bond motifs is 13. The van der Waals surface area contributed by atoms with Gasteiger partial charge >= 0.3 is 0 Å². The Morgan fingerprint density at radius 2 is 0.922 bits per heavy atom. The number of para-hydroxylation sites is 4. The number of furan rings is 2. The van der Waals surface area contributed by atoms with Crippen LogP contribution in [0.1, 0.15) is 0 Å². The van der Waals surface area contributed by atoms with Gasteiger partial charge in [-0.3, -0.25) is 4.57 Å². The van der Waals surface area contributed by atoms with Gasteiger partial charge in [-0.2, -0.15) is 9.97 Å². The maximum Gasteiger partial charge on any atom is 0.238 e. The summed E-state index contributed by atoms with van der Waals surface area (Å²) in [6, 6.07) is 69.6. The van der Waals surface area contributed by atoms with E-state index in [-0.39, 0.29) is 0 Å². The summed E-state index contributed by atoms with van der Waals surface area (Å²) < 4.78 is 17.7. The van der Waals surface area contributed by atoms with Crippen LogP contribution in [0.3, 0.4) is 0 Å². The largest absolute Gasteiger partial charge is 0.456 e. The molecule has 0 radical (unpaired) electrons. The van der Waals surface area contributed by atoms with Crippen molar-refractivity contribution in [2.24, 2.45) is 0 Å². The first-order valence-electron chi connectivity index (χ1n) is 21.4. The molecular formula is C57H33N5O2. The predicted octanol–water partition coefficient (Wildman–Crippen LogP) is 14.9. The highest BCUT2D eigenvalue weighted by Gasteiger charge is 2.25. The van der Waals surface area contributed by atoms with Crippen LogP contribution in [0.5, 0.6) is 0 Å². The van der Waals surface area contributed by atoms with Crippen molar-refractivity contribution >= 4 is 87.5 Å². The third-order valence-corrected chi connectivity index (χ3v) is 12.8. The molecule has 0 aliphatic rings. The summed E-state index contributed by atoms with van der Waals surface area (Å²) in [5.74, 6) is 1.66. The van der Waals surface area contributed by atoms with Crippen molar-refractivity contribution in [1.29, 1.82) is 0 Å². The predicted molar refractivity (Wildman–Crippen MR) is 259 cm³/mol. The Bertz CT molecular complexity index is 4200. The number of rotatable bonds is 5. The van der Waals surface area contributed by atoms with Crippen molar-refractivity contribution in [3.8, 4) is 45.5 Å². The molecule has 14 rings (SSSR count). The highest BCUT2D eigenvalue weighted by molar-refractivity contribution is 6.24. The highest BCUT2D eigenvalue weighted by atomic mass is 16.3. The van der Waals surface area contributed by atoms with Gasteiger partial charge in [-0.15, -0.1) is 0 Å². The minimum Gasteiger partial charge on any atom is -0.456 e. The average molecular weight is 820 g/mol. The van der Waals surface area contributed by atoms with Gasteiger partial charge in [0.25, 0.3) is 0 Å². The van der Waals surface area contributed by atoms with Gasteiger partial charge in [-0.25, -0.2) is 4.98 Å². The topological polar surface area (TPSA) is 74.8 Å². The van der Waals surface area contributed by atoms with E-state index in [1.807, 2.05) is 54.6 Å². The van der Waals surface area contributed by atoms with Gasteiger partial charge in [0.05, 0.1) is 22.1 Å². The van der Waals surface area contributed by atoms with Gasteiger partial charge in [0.15, 0.2) is 11.6 Å². The molecule has 0 saturated carbocycles. The lowest BCUT2D eigenvalue weighted by Gasteiger charge is -2.13. The van der Waals surface area contributed by atoms with Crippen molar-refractivity contribution in [1.82, 2.24) is 24.1 Å². The molecule has 0 unspecified atom stereocenters. The average Bonchev–Trinajstić information content (AvgIpc) is 4.12. The van der Waals surface area contributed by atoms with Gasteiger partial charge in [0.1, 0.15) is 22.3 Å². The lowest BCUT2D eigenvalue weighted by Crippen LogP contribution is -2.07. The molecule has 64 heavy (non-hydrogen) atoms. The van der Waals surface area contributed by atoms with E-state index in [1.165, 1.54) is 0 Å². The summed E-state index contributed by atoms with van der Waals surface area (Å²) in [4.78, 5) is 16.0. The zero-order valence-electron chi connectivity index (χ0n) is 34.1. The van der Waals surface area contributed by atoms with Crippen LogP contribution >= 0.6 is 0 Å². The normalized spacial score (nSPS) is 12.1. The van der Waals surface area contributed by atoms with E-state index in [0.29, 0.717) is 17.6 Å². The SMILES string of the molecule is c1ccc(-c2nc(-c3cccc4oc5ccccc5c34)nc(-n3c4ccccc4c4ccc5c6ccccc6n(-c6ccc7oc8c(-c9ccccc9)cccc8c7c6)c5c43)n2)cc1. The summed E-state index contributed by atoms with van der Waals surface area (Å²) >= 11 is 0. The highest BCUT2D eigenvalue weighted by Crippen LogP contribution is 2.44. The number of nitrogens with zero attached hydrogens (tertiary/aromatic N) is 5. The van der Waals surface area contributed by atoms with Crippen molar-refractivity contribution in [3.63, 3.8) is 0 Å². The van der Waals surface area contributed by atoms with Crippen LogP contribution in [0.25, 0.3) is 133 Å². The van der Waals surface area contributed by atoms with Crippen LogP contribution in [0, 0.1) is 0 Å². The molecule has 9 aromatic carbocycles. The molecule has 0 saturated heterocycles. The van der Waals surface area contributed by atoms with Gasteiger partial charge in [0.2, 0.25) is 5.95 Å². The zero-order chi connectivity index (χ0) is 41.9. The van der Waals surface area contributed by atoms with Crippen molar-refractivity contribution in [2.45, 2.75) is 0 Å². The molecule has 14 aromatic rings. The van der Waals surface area contributed by atoms with E-state index < -0.39 is 0 Å². The van der Waals surface area contributed by atoms with Crippen LogP contribution in [-0.4, -0.2) is 24.1 Å². The fourth-order valence-corrected chi connectivity index (χ4v) is 10.0. The Kier molecular flexibility index (Phi) is 7.27. The molecule has 0 aliphatic heterocycles. The van der Waals surface area contributed by atoms with Crippen LogP contribution in [0.2, 0.25) is 0 Å². The molecule has 5 heterocycles. The molecule has 298 valence electrons. The van der Waals surface area contributed by atoms with E-state index in [0.717, 1.165) is 115 Å². The second-order valence-corrected chi connectivity index (χ2v) is 16.3. The molecule has 0 fully saturated rings. The molecule has 5 aromatic heterocycles. The first-order chi connectivity index (χ1) is 31.7. The molecule has 7 nitrogen and oxygen atoms in total. The maximum atomic E-state index is 6.67. The number of aromatic nitrogens is 5. The van der Waals surface area contributed by atoms with E-state index >= 15 is 0 Å². The number of hydrogen-bond acceptors (Lipinski definition) is 5. The quantitative estimate of drug-likeness (QED) is 0.173. The van der Waals surface area contributed by atoms with E-state index in [9.17, 15) is 0 Å². The summed E-state index contributed by atoms with van der Waals surface area (Å²) in [5, 5.41) is 8.59. The van der Waals surface area contributed by atoms with Crippen molar-refractivity contribution in [2.75, 3.05) is 0 Å². The van der Waals surface area contributed by atoms with Crippen molar-refractivity contribution in [3.05, 3.63) is 200 Å². The summed E-state index contributed by atoms with van der Waals surface area (Å²) in [6.07, 6.45) is 0. The van der Waals surface area contributed by atoms with E-state index in [4.69, 9.17) is 23.8 Å². The van der Waals surface area contributed by atoms with Crippen molar-refractivity contribution < 1.29 is 8.83 Å². The lowest BCUT2D eigenvalue weighted by atomic mass is 10.0. The van der Waals surface area contributed by atoms with Gasteiger partial charge < -0.3 is 13.4 Å². The third kappa shape index (κ3) is 5.00. The Labute approximate surface area is 364 Å². The number of benzene rings is 9. The summed E-state index contributed by atoms with van der Waals surface area (Å²) in [7, 11) is 0. The standard InChI is InChI=1S/C57H33N5O2/c1-3-15-34(16-4-1)37-22-13-23-42-45-33-36(29-32-49(45)64-54(37)42)61-46-25-10-7-19-38(46)40-30-31-41-39-20-8-11-26-47(39)62(53(41)52(40)61)57-59-55(35-17-5-2-6-18-35)58-56(60-57)44-24-14-28-50-51(44)43-21-9-12-27-48(43)63-50/h1-33H. The Hall–Kier alpha value is -8.81. The Morgan fingerprint density at radius 1 is 0.344 bits per heavy atom. The molecule has 0 bridgehead atoms. The van der Waals surface area contributed by atoms with Crippen LogP contribution in [-0.2, 0) is 0 Å². The minimum atomic E-state index is 0.522. The second-order valence-electron chi connectivity index (χ2n) is 16.3. The van der Waals surface area contributed by atoms with Crippen LogP contribution < -0.4 is 0 Å². The molecule has 7 heteroatoms. The van der Waals surface area contributed by atoms with Crippen LogP contribution in [0.4, 0.5) is 0 Å². The monoisotopic (exact) mass is 819 g/mol. The molecular weight excluding hydrogens is 787 g/mol. The first-order valence-corrected chi connectivity index (χ1v) is 21.4. The van der Waals surface area contributed by atoms with Crippen LogP contribution in [0.15, 0.2) is 209 Å². The molecule has 0 amide bonds. The lowest BCUT2D eigenvalue weighted by molar-refractivity contribution is 0.669. The maximum absolute atomic E-state index is 6.67. The summed E-state index contributed by atoms with van der Waals surface area (Å²) in [6.45, 7) is 0. The zero-order valence-corrected chi connectivity index (χ0v) is 34.1.